The summed E-state index contributed by atoms with van der Waals surface area (Å²) in [6.45, 7) is 0. The molecule has 1 aliphatic rings. The monoisotopic (exact) mass is 227 g/mol. The summed E-state index contributed by atoms with van der Waals surface area (Å²) < 4.78 is 0. The molecule has 1 aliphatic heterocycles. The van der Waals surface area contributed by atoms with Gasteiger partial charge in [0.1, 0.15) is 0 Å². The first-order chi connectivity index (χ1) is 6.75. The third-order valence-electron chi connectivity index (χ3n) is 2.15. The van der Waals surface area contributed by atoms with Crippen molar-refractivity contribution in [2.45, 2.75) is 17.7 Å². The Labute approximate surface area is 92.0 Å². The third kappa shape index (κ3) is 2.22. The van der Waals surface area contributed by atoms with Gasteiger partial charge in [-0.2, -0.15) is 0 Å². The highest BCUT2D eigenvalue weighted by atomic mass is 35.5. The zero-order valence-corrected chi connectivity index (χ0v) is 9.12. The Hall–Kier alpha value is -0.670. The lowest BCUT2D eigenvalue weighted by Crippen LogP contribution is -2.04. The smallest absolute Gasteiger partial charge is 0.312 e. The maximum absolute atomic E-state index is 10.6. The van der Waals surface area contributed by atoms with E-state index in [9.17, 15) is 4.79 Å². The van der Waals surface area contributed by atoms with Crippen LogP contribution < -0.4 is 5.32 Å². The molecule has 74 valence electrons. The first-order valence-corrected chi connectivity index (χ1v) is 5.84. The largest absolute Gasteiger partial charge is 0.318 e. The van der Waals surface area contributed by atoms with Crippen LogP contribution in [0.2, 0.25) is 0 Å². The van der Waals surface area contributed by atoms with E-state index in [1.54, 1.807) is 0 Å². The molecule has 0 aromatic heterocycles. The van der Waals surface area contributed by atoms with Gasteiger partial charge in [-0.1, -0.05) is 0 Å². The maximum Gasteiger partial charge on any atom is 0.318 e. The van der Waals surface area contributed by atoms with E-state index >= 15 is 0 Å². The number of hydrogen-bond acceptors (Lipinski definition) is 2. The molecule has 1 amide bonds. The fraction of sp³-hybridized carbons (Fsp3) is 0.300. The minimum Gasteiger partial charge on any atom is -0.312 e. The van der Waals surface area contributed by atoms with Crippen LogP contribution in [0.4, 0.5) is 10.5 Å². The molecule has 0 bridgehead atoms. The van der Waals surface area contributed by atoms with Crippen molar-refractivity contribution in [1.82, 2.24) is 0 Å². The molecule has 0 spiro atoms. The van der Waals surface area contributed by atoms with Crippen LogP contribution in [0.1, 0.15) is 12.0 Å². The van der Waals surface area contributed by atoms with Gasteiger partial charge < -0.3 is 5.32 Å². The van der Waals surface area contributed by atoms with Crippen molar-refractivity contribution in [3.63, 3.8) is 0 Å². The number of amides is 1. The minimum atomic E-state index is -0.534. The van der Waals surface area contributed by atoms with Gasteiger partial charge >= 0.3 is 5.37 Å². The third-order valence-corrected chi connectivity index (χ3v) is 3.45. The summed E-state index contributed by atoms with van der Waals surface area (Å²) in [5.41, 5.74) is 2.09. The lowest BCUT2D eigenvalue weighted by molar-refractivity contribution is 0.269. The molecule has 0 atom stereocenters. The van der Waals surface area contributed by atoms with E-state index in [0.29, 0.717) is 0 Å². The number of benzene rings is 1. The average Bonchev–Trinajstić information content (AvgIpc) is 2.17. The van der Waals surface area contributed by atoms with Crippen molar-refractivity contribution in [2.75, 3.05) is 11.1 Å². The molecule has 1 aromatic carbocycles. The van der Waals surface area contributed by atoms with Gasteiger partial charge in [-0.15, -0.1) is 11.8 Å². The first kappa shape index (κ1) is 9.87. The molecule has 0 aliphatic carbocycles. The maximum atomic E-state index is 10.6. The molecule has 14 heavy (non-hydrogen) atoms. The summed E-state index contributed by atoms with van der Waals surface area (Å²) in [5, 5.41) is 2.04. The number of fused-ring (bicyclic) bond motifs is 1. The zero-order chi connectivity index (χ0) is 9.97. The molecule has 0 radical (unpaired) electrons. The van der Waals surface area contributed by atoms with Gasteiger partial charge in [0.25, 0.3) is 0 Å². The highest BCUT2D eigenvalue weighted by Crippen LogP contribution is 2.31. The molecule has 0 saturated heterocycles. The van der Waals surface area contributed by atoms with Crippen LogP contribution in [0.15, 0.2) is 23.1 Å². The van der Waals surface area contributed by atoms with Gasteiger partial charge in [0.15, 0.2) is 0 Å². The number of aryl methyl sites for hydroxylation is 1. The van der Waals surface area contributed by atoms with Crippen LogP contribution in [-0.2, 0) is 6.42 Å². The summed E-state index contributed by atoms with van der Waals surface area (Å²) in [6, 6.07) is 5.93. The van der Waals surface area contributed by atoms with E-state index in [0.717, 1.165) is 12.1 Å². The quantitative estimate of drug-likeness (QED) is 0.588. The molecule has 0 fully saturated rings. The highest BCUT2D eigenvalue weighted by molar-refractivity contribution is 7.99. The lowest BCUT2D eigenvalue weighted by atomic mass is 10.1. The van der Waals surface area contributed by atoms with E-state index in [-0.39, 0.29) is 0 Å². The van der Waals surface area contributed by atoms with Crippen molar-refractivity contribution in [2.24, 2.45) is 0 Å². The molecule has 0 saturated carbocycles. The normalized spacial score (nSPS) is 14.6. The van der Waals surface area contributed by atoms with Crippen LogP contribution in [0.3, 0.4) is 0 Å². The van der Waals surface area contributed by atoms with Gasteiger partial charge in [-0.3, -0.25) is 4.79 Å². The number of hydrogen-bond donors (Lipinski definition) is 1. The van der Waals surface area contributed by atoms with Crippen molar-refractivity contribution < 1.29 is 4.79 Å². The second kappa shape index (κ2) is 4.24. The van der Waals surface area contributed by atoms with Gasteiger partial charge in [0.2, 0.25) is 0 Å². The van der Waals surface area contributed by atoms with Gasteiger partial charge in [-0.25, -0.2) is 0 Å². The molecule has 4 heteroatoms. The Morgan fingerprint density at radius 1 is 1.50 bits per heavy atom. The van der Waals surface area contributed by atoms with E-state index in [1.807, 2.05) is 30.0 Å². The average molecular weight is 228 g/mol. The topological polar surface area (TPSA) is 29.1 Å². The van der Waals surface area contributed by atoms with E-state index in [4.69, 9.17) is 11.6 Å². The van der Waals surface area contributed by atoms with Crippen molar-refractivity contribution in [3.8, 4) is 0 Å². The van der Waals surface area contributed by atoms with Crippen LogP contribution >= 0.6 is 23.4 Å². The summed E-state index contributed by atoms with van der Waals surface area (Å²) in [7, 11) is 0. The van der Waals surface area contributed by atoms with Crippen molar-refractivity contribution >= 4 is 34.4 Å². The number of anilines is 1. The van der Waals surface area contributed by atoms with Crippen molar-refractivity contribution in [3.05, 3.63) is 23.8 Å². The first-order valence-electron chi connectivity index (χ1n) is 4.48. The lowest BCUT2D eigenvalue weighted by Gasteiger charge is -2.15. The number of rotatable bonds is 1. The van der Waals surface area contributed by atoms with Gasteiger partial charge in [0, 0.05) is 10.6 Å². The van der Waals surface area contributed by atoms with Gasteiger partial charge in [0.05, 0.1) is 0 Å². The Morgan fingerprint density at radius 2 is 2.36 bits per heavy atom. The number of carbonyl (C=O) groups excluding carboxylic acids is 1. The number of carbonyl (C=O) groups is 1. The number of halogens is 1. The Kier molecular flexibility index (Phi) is 2.99. The Bertz CT molecular complexity index is 367. The van der Waals surface area contributed by atoms with Crippen LogP contribution in [-0.4, -0.2) is 11.1 Å². The fourth-order valence-corrected chi connectivity index (χ4v) is 2.68. The standard InChI is InChI=1S/C10H10ClNOS/c11-10(13)12-8-3-4-9-7(6-8)2-1-5-14-9/h3-4,6H,1-2,5H2,(H,12,13). The molecule has 1 N–H and O–H groups in total. The van der Waals surface area contributed by atoms with Crippen LogP contribution in [0.5, 0.6) is 0 Å². The summed E-state index contributed by atoms with van der Waals surface area (Å²) >= 11 is 7.11. The molecule has 2 nitrogen and oxygen atoms in total. The molecule has 1 heterocycles. The van der Waals surface area contributed by atoms with E-state index in [2.05, 4.69) is 5.32 Å². The second-order valence-electron chi connectivity index (χ2n) is 3.17. The molecule has 1 aromatic rings. The summed E-state index contributed by atoms with van der Waals surface area (Å²) in [6.07, 6.45) is 2.30. The van der Waals surface area contributed by atoms with Crippen LogP contribution in [0, 0.1) is 0 Å². The molecule has 0 unspecified atom stereocenters. The molecular formula is C10H10ClNOS. The Morgan fingerprint density at radius 3 is 3.14 bits per heavy atom. The predicted octanol–water partition coefficient (Wildman–Crippen LogP) is 3.50. The van der Waals surface area contributed by atoms with E-state index < -0.39 is 5.37 Å². The van der Waals surface area contributed by atoms with Crippen molar-refractivity contribution in [1.29, 1.82) is 0 Å². The highest BCUT2D eigenvalue weighted by Gasteiger charge is 2.10. The van der Waals surface area contributed by atoms with Gasteiger partial charge in [-0.05, 0) is 54.0 Å². The second-order valence-corrected chi connectivity index (χ2v) is 4.65. The summed E-state index contributed by atoms with van der Waals surface area (Å²) in [5.74, 6) is 1.19. The fourth-order valence-electron chi connectivity index (χ4n) is 1.55. The number of thioether (sulfide) groups is 1. The van der Waals surface area contributed by atoms with E-state index in [1.165, 1.54) is 22.6 Å². The summed E-state index contributed by atoms with van der Waals surface area (Å²) in [4.78, 5) is 12.0. The molecular weight excluding hydrogens is 218 g/mol. The molecule has 2 rings (SSSR count). The van der Waals surface area contributed by atoms with Crippen LogP contribution in [0.25, 0.3) is 0 Å². The Balaban J connectivity index is 2.24. The predicted molar refractivity (Wildman–Crippen MR) is 60.4 cm³/mol. The zero-order valence-electron chi connectivity index (χ0n) is 7.55. The minimum absolute atomic E-state index is 0.534. The number of nitrogens with one attached hydrogen (secondary N) is 1. The SMILES string of the molecule is O=C(Cl)Nc1ccc2c(c1)CCCS2.